The van der Waals surface area contributed by atoms with Crippen molar-refractivity contribution in [3.05, 3.63) is 143 Å². The van der Waals surface area contributed by atoms with Crippen LogP contribution in [-0.2, 0) is 11.3 Å². The van der Waals surface area contributed by atoms with Gasteiger partial charge in [0.25, 0.3) is 11.5 Å². The number of benzene rings is 5. The number of fused-ring (bicyclic) bond motifs is 2. The van der Waals surface area contributed by atoms with Gasteiger partial charge in [-0.3, -0.25) is 19.5 Å². The van der Waals surface area contributed by atoms with Crippen LogP contribution in [0.2, 0.25) is 0 Å². The summed E-state index contributed by atoms with van der Waals surface area (Å²) in [5.41, 5.74) is 3.92. The Bertz CT molecular complexity index is 1970. The maximum absolute atomic E-state index is 13.9. The van der Waals surface area contributed by atoms with Crippen LogP contribution in [0.25, 0.3) is 32.8 Å². The van der Waals surface area contributed by atoms with Gasteiger partial charge in [-0.25, -0.2) is 4.98 Å². The minimum Gasteiger partial charge on any atom is -0.368 e. The minimum absolute atomic E-state index is 0.0560. The first-order valence-electron chi connectivity index (χ1n) is 14.2. The number of nitrogens with one attached hydrogen (secondary N) is 1. The summed E-state index contributed by atoms with van der Waals surface area (Å²) in [5, 5.41) is 5.78. The molecule has 1 N–H and O–H groups in total. The molecule has 206 valence electrons. The van der Waals surface area contributed by atoms with Crippen molar-refractivity contribution in [1.29, 1.82) is 0 Å². The topological polar surface area (TPSA) is 73.2 Å². The van der Waals surface area contributed by atoms with Crippen LogP contribution in [0.4, 0.5) is 5.95 Å². The van der Waals surface area contributed by atoms with Gasteiger partial charge in [0.05, 0.1) is 29.7 Å². The third-order valence-electron chi connectivity index (χ3n) is 7.96. The summed E-state index contributed by atoms with van der Waals surface area (Å²) in [6.45, 7) is 0.288. The lowest BCUT2D eigenvalue weighted by atomic mass is 10.0. The highest BCUT2D eigenvalue weighted by molar-refractivity contribution is 6.03. The SMILES string of the molecule is O=C(Nc1nc2cc(-c3ccccc3)ccc2c(=O)n1C[C@H]1CCC(c2ccc3ccccc3c2)O1)c1ccccc1. The van der Waals surface area contributed by atoms with Crippen molar-refractivity contribution in [2.24, 2.45) is 0 Å². The molecule has 2 atom stereocenters. The molecule has 7 rings (SSSR count). The van der Waals surface area contributed by atoms with Gasteiger partial charge in [-0.1, -0.05) is 91.0 Å². The maximum Gasteiger partial charge on any atom is 0.262 e. The van der Waals surface area contributed by atoms with E-state index in [0.29, 0.717) is 16.5 Å². The molecule has 0 aliphatic carbocycles. The third kappa shape index (κ3) is 5.08. The Balaban J connectivity index is 1.22. The molecule has 42 heavy (non-hydrogen) atoms. The van der Waals surface area contributed by atoms with Gasteiger partial charge in [-0.15, -0.1) is 0 Å². The van der Waals surface area contributed by atoms with Crippen LogP contribution >= 0.6 is 0 Å². The fourth-order valence-corrected chi connectivity index (χ4v) is 5.76. The normalized spacial score (nSPS) is 16.6. The molecule has 1 fully saturated rings. The Kier molecular flexibility index (Phi) is 6.82. The van der Waals surface area contributed by atoms with E-state index in [2.05, 4.69) is 35.6 Å². The van der Waals surface area contributed by atoms with Crippen LogP contribution in [-0.4, -0.2) is 21.6 Å². The number of hydrogen-bond donors (Lipinski definition) is 1. The number of amides is 1. The summed E-state index contributed by atoms with van der Waals surface area (Å²) in [7, 11) is 0. The zero-order chi connectivity index (χ0) is 28.5. The van der Waals surface area contributed by atoms with Crippen molar-refractivity contribution in [3.63, 3.8) is 0 Å². The zero-order valence-electron chi connectivity index (χ0n) is 22.9. The van der Waals surface area contributed by atoms with E-state index in [4.69, 9.17) is 9.72 Å². The van der Waals surface area contributed by atoms with E-state index in [1.807, 2.05) is 66.7 Å². The molecule has 1 aliphatic rings. The van der Waals surface area contributed by atoms with Crippen LogP contribution < -0.4 is 10.9 Å². The van der Waals surface area contributed by atoms with E-state index in [1.165, 1.54) is 10.8 Å². The minimum atomic E-state index is -0.323. The molecule has 6 heteroatoms. The number of carbonyl (C=O) groups excluding carboxylic acids is 1. The zero-order valence-corrected chi connectivity index (χ0v) is 22.9. The van der Waals surface area contributed by atoms with Gasteiger partial charge >= 0.3 is 0 Å². The fourth-order valence-electron chi connectivity index (χ4n) is 5.76. The van der Waals surface area contributed by atoms with E-state index in [9.17, 15) is 9.59 Å². The maximum atomic E-state index is 13.9. The van der Waals surface area contributed by atoms with Crippen molar-refractivity contribution >= 4 is 33.5 Å². The summed E-state index contributed by atoms with van der Waals surface area (Å²) < 4.78 is 8.04. The first-order chi connectivity index (χ1) is 20.6. The van der Waals surface area contributed by atoms with Crippen LogP contribution in [0.15, 0.2) is 126 Å². The Labute approximate surface area is 243 Å². The molecule has 2 heterocycles. The van der Waals surface area contributed by atoms with Gasteiger partial charge in [0.15, 0.2) is 0 Å². The van der Waals surface area contributed by atoms with Gasteiger partial charge in [-0.2, -0.15) is 0 Å². The molecule has 0 bridgehead atoms. The number of rotatable bonds is 6. The van der Waals surface area contributed by atoms with E-state index in [1.54, 1.807) is 28.8 Å². The molecule has 0 saturated carbocycles. The molecule has 6 nitrogen and oxygen atoms in total. The second-order valence-electron chi connectivity index (χ2n) is 10.7. The summed E-state index contributed by atoms with van der Waals surface area (Å²) in [5.74, 6) is -0.111. The smallest absolute Gasteiger partial charge is 0.262 e. The molecule has 1 saturated heterocycles. The van der Waals surface area contributed by atoms with Crippen molar-refractivity contribution in [3.8, 4) is 11.1 Å². The molecule has 1 aliphatic heterocycles. The Hall–Kier alpha value is -5.07. The standard InChI is InChI=1S/C36H29N3O3/c40-34(26-12-5-2-6-13-26)38-36-37-32-22-28(24-9-3-1-4-10-24)17-19-31(32)35(41)39(36)23-30-18-20-33(42-30)29-16-15-25-11-7-8-14-27(25)21-29/h1-17,19,21-22,30,33H,18,20,23H2,(H,37,38,40)/t30-,33?/m1/s1. The number of ether oxygens (including phenoxy) is 1. The van der Waals surface area contributed by atoms with Gasteiger partial charge in [0, 0.05) is 5.56 Å². The number of aromatic nitrogens is 2. The molecule has 6 aromatic rings. The van der Waals surface area contributed by atoms with Gasteiger partial charge in [0.1, 0.15) is 0 Å². The highest BCUT2D eigenvalue weighted by atomic mass is 16.5. The lowest BCUT2D eigenvalue weighted by Crippen LogP contribution is -2.31. The van der Waals surface area contributed by atoms with Crippen LogP contribution in [0, 0.1) is 0 Å². The largest absolute Gasteiger partial charge is 0.368 e. The van der Waals surface area contributed by atoms with Crippen molar-refractivity contribution < 1.29 is 9.53 Å². The average Bonchev–Trinajstić information content (AvgIpc) is 3.52. The number of hydrogen-bond acceptors (Lipinski definition) is 4. The molecular weight excluding hydrogens is 522 g/mol. The molecular formula is C36H29N3O3. The molecule has 5 aromatic carbocycles. The summed E-state index contributed by atoms with van der Waals surface area (Å²) in [6.07, 6.45) is 1.39. The average molecular weight is 552 g/mol. The van der Waals surface area contributed by atoms with Crippen LogP contribution in [0.1, 0.15) is 34.9 Å². The first kappa shape index (κ1) is 25.9. The molecule has 1 amide bonds. The highest BCUT2D eigenvalue weighted by Crippen LogP contribution is 2.35. The second-order valence-corrected chi connectivity index (χ2v) is 10.7. The van der Waals surface area contributed by atoms with E-state index in [0.717, 1.165) is 29.5 Å². The molecule has 0 radical (unpaired) electrons. The van der Waals surface area contributed by atoms with Crippen molar-refractivity contribution in [2.75, 3.05) is 5.32 Å². The number of nitrogens with zero attached hydrogens (tertiary/aromatic N) is 2. The van der Waals surface area contributed by atoms with E-state index in [-0.39, 0.29) is 36.2 Å². The Morgan fingerprint density at radius 3 is 2.33 bits per heavy atom. The number of anilines is 1. The second kappa shape index (κ2) is 11.1. The Morgan fingerprint density at radius 1 is 0.786 bits per heavy atom. The highest BCUT2D eigenvalue weighted by Gasteiger charge is 2.28. The number of carbonyl (C=O) groups is 1. The van der Waals surface area contributed by atoms with Gasteiger partial charge < -0.3 is 4.74 Å². The summed E-state index contributed by atoms with van der Waals surface area (Å²) in [4.78, 5) is 31.9. The molecule has 1 unspecified atom stereocenters. The summed E-state index contributed by atoms with van der Waals surface area (Å²) >= 11 is 0. The van der Waals surface area contributed by atoms with Crippen molar-refractivity contribution in [1.82, 2.24) is 9.55 Å². The van der Waals surface area contributed by atoms with E-state index >= 15 is 0 Å². The van der Waals surface area contributed by atoms with Crippen LogP contribution in [0.3, 0.4) is 0 Å². The molecule has 0 spiro atoms. The monoisotopic (exact) mass is 551 g/mol. The lowest BCUT2D eigenvalue weighted by molar-refractivity contribution is 0.0348. The predicted molar refractivity (Wildman–Crippen MR) is 167 cm³/mol. The van der Waals surface area contributed by atoms with Crippen molar-refractivity contribution in [2.45, 2.75) is 31.6 Å². The molecule has 1 aromatic heterocycles. The lowest BCUT2D eigenvalue weighted by Gasteiger charge is -2.19. The van der Waals surface area contributed by atoms with E-state index < -0.39 is 0 Å². The predicted octanol–water partition coefficient (Wildman–Crippen LogP) is 7.39. The summed E-state index contributed by atoms with van der Waals surface area (Å²) in [6, 6.07) is 39.3. The van der Waals surface area contributed by atoms with Gasteiger partial charge in [0.2, 0.25) is 5.95 Å². The third-order valence-corrected chi connectivity index (χ3v) is 7.96. The first-order valence-corrected chi connectivity index (χ1v) is 14.2. The fraction of sp³-hybridized carbons (Fsp3) is 0.139. The Morgan fingerprint density at radius 2 is 1.52 bits per heavy atom. The van der Waals surface area contributed by atoms with Crippen LogP contribution in [0.5, 0.6) is 0 Å². The quantitative estimate of drug-likeness (QED) is 0.234. The van der Waals surface area contributed by atoms with Gasteiger partial charge in [-0.05, 0) is 70.6 Å².